The van der Waals surface area contributed by atoms with E-state index in [1.54, 1.807) is 0 Å². The van der Waals surface area contributed by atoms with Gasteiger partial charge in [0.05, 0.1) is 10.7 Å². The van der Waals surface area contributed by atoms with Crippen LogP contribution in [0.5, 0.6) is 0 Å². The highest BCUT2D eigenvalue weighted by Gasteiger charge is 2.15. The lowest BCUT2D eigenvalue weighted by atomic mass is 10.3. The summed E-state index contributed by atoms with van der Waals surface area (Å²) in [5, 5.41) is 1.88. The van der Waals surface area contributed by atoms with Gasteiger partial charge in [-0.3, -0.25) is 0 Å². The first kappa shape index (κ1) is 13.4. The Labute approximate surface area is 110 Å². The standard InChI is InChI=1S/C11H6ClF4N3/c12-5-1-4(13)2-6(14)9(5)18-11-8(16)3-7(15)10(17)19-11/h1-3H,(H3,17,18,19). The first-order chi connectivity index (χ1) is 8.88. The van der Waals surface area contributed by atoms with Crippen LogP contribution in [0.3, 0.4) is 0 Å². The molecule has 1 aromatic carbocycles. The van der Waals surface area contributed by atoms with Crippen LogP contribution in [0.4, 0.5) is 34.9 Å². The zero-order valence-electron chi connectivity index (χ0n) is 9.15. The van der Waals surface area contributed by atoms with E-state index < -0.39 is 34.9 Å². The molecule has 3 N–H and O–H groups in total. The highest BCUT2D eigenvalue weighted by Crippen LogP contribution is 2.30. The molecule has 0 radical (unpaired) electrons. The van der Waals surface area contributed by atoms with Gasteiger partial charge in [-0.1, -0.05) is 11.6 Å². The molecule has 8 heteroatoms. The third kappa shape index (κ3) is 2.70. The smallest absolute Gasteiger partial charge is 0.169 e. The Morgan fingerprint density at radius 2 is 1.68 bits per heavy atom. The van der Waals surface area contributed by atoms with Gasteiger partial charge in [0.2, 0.25) is 0 Å². The van der Waals surface area contributed by atoms with Crippen molar-refractivity contribution in [2.24, 2.45) is 0 Å². The molecule has 1 heterocycles. The molecule has 100 valence electrons. The van der Waals surface area contributed by atoms with Crippen LogP contribution in [0.25, 0.3) is 0 Å². The first-order valence-electron chi connectivity index (χ1n) is 4.91. The van der Waals surface area contributed by atoms with Crippen LogP contribution in [0, 0.1) is 23.3 Å². The molecule has 0 aliphatic carbocycles. The van der Waals surface area contributed by atoms with E-state index in [1.165, 1.54) is 0 Å². The summed E-state index contributed by atoms with van der Waals surface area (Å²) in [4.78, 5) is 3.37. The zero-order chi connectivity index (χ0) is 14.2. The molecule has 0 fully saturated rings. The Kier molecular flexibility index (Phi) is 3.48. The van der Waals surface area contributed by atoms with Crippen molar-refractivity contribution < 1.29 is 17.6 Å². The number of benzene rings is 1. The van der Waals surface area contributed by atoms with Gasteiger partial charge in [-0.25, -0.2) is 22.5 Å². The molecule has 0 spiro atoms. The first-order valence-corrected chi connectivity index (χ1v) is 5.29. The third-order valence-electron chi connectivity index (χ3n) is 2.21. The molecule has 0 saturated carbocycles. The van der Waals surface area contributed by atoms with Crippen LogP contribution in [-0.2, 0) is 0 Å². The lowest BCUT2D eigenvalue weighted by Gasteiger charge is -2.10. The number of anilines is 3. The summed E-state index contributed by atoms with van der Waals surface area (Å²) in [5.74, 6) is -5.16. The second-order valence-electron chi connectivity index (χ2n) is 3.56. The maximum Gasteiger partial charge on any atom is 0.169 e. The number of nitrogens with zero attached hydrogens (tertiary/aromatic N) is 1. The third-order valence-corrected chi connectivity index (χ3v) is 2.50. The topological polar surface area (TPSA) is 50.9 Å². The van der Waals surface area contributed by atoms with Gasteiger partial charge in [-0.05, 0) is 6.07 Å². The summed E-state index contributed by atoms with van der Waals surface area (Å²) in [5.41, 5.74) is 4.78. The van der Waals surface area contributed by atoms with E-state index in [0.717, 1.165) is 6.07 Å². The predicted octanol–water partition coefficient (Wildman–Crippen LogP) is 3.62. The summed E-state index contributed by atoms with van der Waals surface area (Å²) in [6.45, 7) is 0. The number of hydrogen-bond acceptors (Lipinski definition) is 3. The molecular weight excluding hydrogens is 286 g/mol. The fourth-order valence-electron chi connectivity index (χ4n) is 1.35. The van der Waals surface area contributed by atoms with Crippen molar-refractivity contribution in [3.8, 4) is 0 Å². The van der Waals surface area contributed by atoms with E-state index in [2.05, 4.69) is 10.3 Å². The maximum atomic E-state index is 13.5. The molecule has 2 aromatic rings. The fourth-order valence-corrected chi connectivity index (χ4v) is 1.59. The SMILES string of the molecule is Nc1nc(Nc2c(F)cc(F)cc2Cl)c(F)cc1F. The van der Waals surface area contributed by atoms with Crippen LogP contribution in [0.15, 0.2) is 18.2 Å². The van der Waals surface area contributed by atoms with Gasteiger partial charge in [0, 0.05) is 12.1 Å². The Morgan fingerprint density at radius 1 is 1.00 bits per heavy atom. The minimum Gasteiger partial charge on any atom is -0.381 e. The summed E-state index contributed by atoms with van der Waals surface area (Å²) < 4.78 is 52.6. The van der Waals surface area contributed by atoms with E-state index in [-0.39, 0.29) is 10.7 Å². The van der Waals surface area contributed by atoms with Gasteiger partial charge in [0.15, 0.2) is 29.1 Å². The number of halogens is 5. The van der Waals surface area contributed by atoms with Crippen molar-refractivity contribution in [3.05, 3.63) is 46.5 Å². The molecule has 0 saturated heterocycles. The highest BCUT2D eigenvalue weighted by atomic mass is 35.5. The Bertz CT molecular complexity index is 625. The molecule has 1 aromatic heterocycles. The number of pyridine rings is 1. The average molecular weight is 292 g/mol. The number of aromatic nitrogens is 1. The number of nitrogens with two attached hydrogens (primary N) is 1. The van der Waals surface area contributed by atoms with E-state index in [4.69, 9.17) is 17.3 Å². The van der Waals surface area contributed by atoms with Crippen LogP contribution >= 0.6 is 11.6 Å². The van der Waals surface area contributed by atoms with Crippen LogP contribution in [0.1, 0.15) is 0 Å². The molecule has 0 aliphatic rings. The minimum absolute atomic E-state index is 0.318. The number of rotatable bonds is 2. The fraction of sp³-hybridized carbons (Fsp3) is 0. The molecule has 3 nitrogen and oxygen atoms in total. The Hall–Kier alpha value is -2.02. The molecule has 0 amide bonds. The molecule has 0 atom stereocenters. The monoisotopic (exact) mass is 291 g/mol. The van der Waals surface area contributed by atoms with Crippen LogP contribution < -0.4 is 11.1 Å². The minimum atomic E-state index is -1.09. The van der Waals surface area contributed by atoms with Crippen molar-refractivity contribution in [2.45, 2.75) is 0 Å². The molecule has 2 rings (SSSR count). The second kappa shape index (κ2) is 4.93. The van der Waals surface area contributed by atoms with Gasteiger partial charge in [0.1, 0.15) is 5.82 Å². The zero-order valence-corrected chi connectivity index (χ0v) is 9.90. The molecule has 0 aliphatic heterocycles. The molecule has 0 bridgehead atoms. The average Bonchev–Trinajstić information content (AvgIpc) is 2.29. The Morgan fingerprint density at radius 3 is 2.32 bits per heavy atom. The van der Waals surface area contributed by atoms with Gasteiger partial charge in [-0.2, -0.15) is 0 Å². The van der Waals surface area contributed by atoms with Crippen molar-refractivity contribution in [1.29, 1.82) is 0 Å². The lowest BCUT2D eigenvalue weighted by Crippen LogP contribution is -2.04. The molecule has 0 unspecified atom stereocenters. The largest absolute Gasteiger partial charge is 0.381 e. The summed E-state index contributed by atoms with van der Waals surface area (Å²) in [6, 6.07) is 1.87. The van der Waals surface area contributed by atoms with Crippen molar-refractivity contribution in [3.63, 3.8) is 0 Å². The Balaban J connectivity index is 2.45. The van der Waals surface area contributed by atoms with E-state index in [9.17, 15) is 17.6 Å². The number of nitrogen functional groups attached to an aromatic ring is 1. The predicted molar refractivity (Wildman–Crippen MR) is 63.2 cm³/mol. The lowest BCUT2D eigenvalue weighted by molar-refractivity contribution is 0.578. The summed E-state index contributed by atoms with van der Waals surface area (Å²) in [6.07, 6.45) is 0. The van der Waals surface area contributed by atoms with Gasteiger partial charge in [0.25, 0.3) is 0 Å². The van der Waals surface area contributed by atoms with Gasteiger partial charge in [-0.15, -0.1) is 0 Å². The number of hydrogen-bond donors (Lipinski definition) is 2. The van der Waals surface area contributed by atoms with Crippen LogP contribution in [-0.4, -0.2) is 4.98 Å². The van der Waals surface area contributed by atoms with Crippen molar-refractivity contribution >= 4 is 28.9 Å². The van der Waals surface area contributed by atoms with E-state index in [0.29, 0.717) is 12.1 Å². The highest BCUT2D eigenvalue weighted by molar-refractivity contribution is 6.33. The van der Waals surface area contributed by atoms with Crippen LogP contribution in [0.2, 0.25) is 5.02 Å². The van der Waals surface area contributed by atoms with Crippen molar-refractivity contribution in [1.82, 2.24) is 4.98 Å². The molecular formula is C11H6ClF4N3. The van der Waals surface area contributed by atoms with E-state index >= 15 is 0 Å². The van der Waals surface area contributed by atoms with Gasteiger partial charge >= 0.3 is 0 Å². The summed E-state index contributed by atoms with van der Waals surface area (Å²) in [7, 11) is 0. The quantitative estimate of drug-likeness (QED) is 0.831. The molecule has 19 heavy (non-hydrogen) atoms. The van der Waals surface area contributed by atoms with Gasteiger partial charge < -0.3 is 11.1 Å². The van der Waals surface area contributed by atoms with E-state index in [1.807, 2.05) is 0 Å². The maximum absolute atomic E-state index is 13.5. The summed E-state index contributed by atoms with van der Waals surface area (Å²) >= 11 is 5.61. The van der Waals surface area contributed by atoms with Crippen molar-refractivity contribution in [2.75, 3.05) is 11.1 Å². The number of nitrogens with one attached hydrogen (secondary N) is 1. The normalized spacial score (nSPS) is 10.6. The second-order valence-corrected chi connectivity index (χ2v) is 3.96.